The highest BCUT2D eigenvalue weighted by Crippen LogP contribution is 2.29. The minimum Gasteiger partial charge on any atom is -0.466 e. The molecule has 0 bridgehead atoms. The molecule has 1 atom stereocenters. The van der Waals surface area contributed by atoms with Crippen LogP contribution in [0.5, 0.6) is 0 Å². The Hall–Kier alpha value is -1.79. The Morgan fingerprint density at radius 3 is 2.48 bits per heavy atom. The van der Waals surface area contributed by atoms with Gasteiger partial charge in [0.15, 0.2) is 9.84 Å². The number of aryl methyl sites for hydroxylation is 2. The first-order valence-corrected chi connectivity index (χ1v) is 9.18. The number of nitrogens with one attached hydrogen (secondary N) is 1. The van der Waals surface area contributed by atoms with Gasteiger partial charge in [0, 0.05) is 12.1 Å². The topological polar surface area (TPSA) is 79.5 Å². The van der Waals surface area contributed by atoms with Gasteiger partial charge in [-0.15, -0.1) is 0 Å². The summed E-state index contributed by atoms with van der Waals surface area (Å²) >= 11 is 0. The van der Waals surface area contributed by atoms with Crippen LogP contribution in [-0.2, 0) is 15.4 Å². The number of para-hydroxylation sites is 1. The lowest BCUT2D eigenvalue weighted by Crippen LogP contribution is -2.31. The molecule has 1 aromatic heterocycles. The molecule has 0 saturated heterocycles. The normalized spacial score (nSPS) is 14.5. The number of sulfone groups is 1. The van der Waals surface area contributed by atoms with Crippen LogP contribution < -0.4 is 5.32 Å². The number of furan rings is 1. The van der Waals surface area contributed by atoms with Crippen molar-refractivity contribution in [1.82, 2.24) is 0 Å². The van der Waals surface area contributed by atoms with Gasteiger partial charge in [-0.1, -0.05) is 19.1 Å². The fourth-order valence-electron chi connectivity index (χ4n) is 2.57. The Morgan fingerprint density at radius 1 is 1.26 bits per heavy atom. The van der Waals surface area contributed by atoms with Crippen molar-refractivity contribution in [1.29, 1.82) is 0 Å². The molecule has 5 nitrogen and oxygen atoms in total. The second kappa shape index (κ2) is 6.37. The van der Waals surface area contributed by atoms with Gasteiger partial charge in [0.2, 0.25) is 0 Å². The minimum atomic E-state index is -3.33. The average molecular weight is 337 g/mol. The molecule has 1 aromatic carbocycles. The average Bonchev–Trinajstić information content (AvgIpc) is 2.85. The summed E-state index contributed by atoms with van der Waals surface area (Å²) in [5.74, 6) is 1.41. The summed E-state index contributed by atoms with van der Waals surface area (Å²) in [5, 5.41) is 13.8. The zero-order valence-electron chi connectivity index (χ0n) is 13.9. The molecule has 126 valence electrons. The van der Waals surface area contributed by atoms with Gasteiger partial charge in [0.1, 0.15) is 17.1 Å². The van der Waals surface area contributed by atoms with Crippen molar-refractivity contribution in [2.24, 2.45) is 0 Å². The maximum atomic E-state index is 12.2. The Morgan fingerprint density at radius 2 is 1.91 bits per heavy atom. The molecule has 2 rings (SSSR count). The zero-order chi connectivity index (χ0) is 17.3. The third-order valence-corrected chi connectivity index (χ3v) is 5.63. The van der Waals surface area contributed by atoms with E-state index in [1.807, 2.05) is 6.92 Å². The zero-order valence-corrected chi connectivity index (χ0v) is 14.7. The molecule has 0 aliphatic heterocycles. The number of rotatable bonds is 6. The van der Waals surface area contributed by atoms with Crippen LogP contribution in [0.3, 0.4) is 0 Å². The summed E-state index contributed by atoms with van der Waals surface area (Å²) < 4.78 is 29.8. The van der Waals surface area contributed by atoms with Gasteiger partial charge in [-0.2, -0.15) is 0 Å². The predicted molar refractivity (Wildman–Crippen MR) is 90.4 cm³/mol. The van der Waals surface area contributed by atoms with Gasteiger partial charge in [0.05, 0.1) is 16.3 Å². The Bertz CT molecular complexity index is 791. The summed E-state index contributed by atoms with van der Waals surface area (Å²) in [6.45, 7) is 7.08. The van der Waals surface area contributed by atoms with Crippen molar-refractivity contribution in [3.05, 3.63) is 47.4 Å². The highest BCUT2D eigenvalue weighted by molar-refractivity contribution is 7.91. The van der Waals surface area contributed by atoms with E-state index in [1.54, 1.807) is 51.1 Å². The lowest BCUT2D eigenvalue weighted by molar-refractivity contribution is 0.0699. The van der Waals surface area contributed by atoms with Crippen molar-refractivity contribution in [3.8, 4) is 0 Å². The molecular weight excluding hydrogens is 314 g/mol. The second-order valence-corrected chi connectivity index (χ2v) is 8.10. The van der Waals surface area contributed by atoms with Crippen LogP contribution in [0.15, 0.2) is 39.6 Å². The molecule has 0 amide bonds. The van der Waals surface area contributed by atoms with Gasteiger partial charge in [-0.05, 0) is 39.0 Å². The van der Waals surface area contributed by atoms with E-state index in [0.717, 1.165) is 5.76 Å². The molecule has 6 heteroatoms. The number of hydrogen-bond acceptors (Lipinski definition) is 5. The molecule has 0 unspecified atom stereocenters. The van der Waals surface area contributed by atoms with Crippen molar-refractivity contribution in [3.63, 3.8) is 0 Å². The van der Waals surface area contributed by atoms with Gasteiger partial charge in [-0.3, -0.25) is 0 Å². The highest BCUT2D eigenvalue weighted by Gasteiger charge is 2.28. The number of anilines is 1. The largest absolute Gasteiger partial charge is 0.466 e. The summed E-state index contributed by atoms with van der Waals surface area (Å²) in [6.07, 6.45) is 0. The molecule has 23 heavy (non-hydrogen) atoms. The smallest absolute Gasteiger partial charge is 0.180 e. The van der Waals surface area contributed by atoms with Crippen molar-refractivity contribution < 1.29 is 17.9 Å². The van der Waals surface area contributed by atoms with Gasteiger partial charge in [0.25, 0.3) is 0 Å². The molecule has 2 aromatic rings. The summed E-state index contributed by atoms with van der Waals surface area (Å²) in [4.78, 5) is 0.249. The standard InChI is InChI=1S/C17H23NO4S/c1-5-23(20,21)16-9-7-6-8-15(16)18-11-17(4,19)14-10-12(2)22-13(14)3/h6-10,18-19H,5,11H2,1-4H3/t17-/m0/s1. The fraction of sp³-hybridized carbons (Fsp3) is 0.412. The van der Waals surface area contributed by atoms with Crippen LogP contribution >= 0.6 is 0 Å². The van der Waals surface area contributed by atoms with Gasteiger partial charge < -0.3 is 14.8 Å². The van der Waals surface area contributed by atoms with Crippen LogP contribution in [0.1, 0.15) is 30.9 Å². The molecule has 0 spiro atoms. The van der Waals surface area contributed by atoms with Crippen LogP contribution in [0.2, 0.25) is 0 Å². The fourth-order valence-corrected chi connectivity index (χ4v) is 3.64. The Balaban J connectivity index is 2.26. The lowest BCUT2D eigenvalue weighted by Gasteiger charge is -2.24. The second-order valence-electron chi connectivity index (χ2n) is 5.85. The minimum absolute atomic E-state index is 0.0299. The summed E-state index contributed by atoms with van der Waals surface area (Å²) in [7, 11) is -3.33. The third-order valence-electron chi connectivity index (χ3n) is 3.85. The molecule has 0 fully saturated rings. The molecule has 0 aliphatic carbocycles. The predicted octanol–water partition coefficient (Wildman–Crippen LogP) is 3.01. The molecule has 2 N–H and O–H groups in total. The van der Waals surface area contributed by atoms with E-state index in [4.69, 9.17) is 4.42 Å². The quantitative estimate of drug-likeness (QED) is 0.847. The van der Waals surface area contributed by atoms with E-state index in [0.29, 0.717) is 17.0 Å². The van der Waals surface area contributed by atoms with Crippen LogP contribution in [0.25, 0.3) is 0 Å². The Labute approximate surface area is 137 Å². The molecular formula is C17H23NO4S. The molecule has 0 saturated carbocycles. The van der Waals surface area contributed by atoms with E-state index in [9.17, 15) is 13.5 Å². The van der Waals surface area contributed by atoms with Crippen molar-refractivity contribution in [2.75, 3.05) is 17.6 Å². The number of aliphatic hydroxyl groups is 1. The lowest BCUT2D eigenvalue weighted by atomic mass is 9.96. The molecule has 0 radical (unpaired) electrons. The maximum absolute atomic E-state index is 12.2. The van der Waals surface area contributed by atoms with Gasteiger partial charge >= 0.3 is 0 Å². The summed E-state index contributed by atoms with van der Waals surface area (Å²) in [5.41, 5.74) is 0.0103. The molecule has 1 heterocycles. The van der Waals surface area contributed by atoms with E-state index in [-0.39, 0.29) is 17.2 Å². The number of hydrogen-bond donors (Lipinski definition) is 2. The monoisotopic (exact) mass is 337 g/mol. The number of benzene rings is 1. The van der Waals surface area contributed by atoms with E-state index in [2.05, 4.69) is 5.32 Å². The van der Waals surface area contributed by atoms with E-state index < -0.39 is 15.4 Å². The Kier molecular flexibility index (Phi) is 4.87. The van der Waals surface area contributed by atoms with E-state index in [1.165, 1.54) is 0 Å². The SMILES string of the molecule is CCS(=O)(=O)c1ccccc1NC[C@](C)(O)c1cc(C)oc1C. The third kappa shape index (κ3) is 3.76. The van der Waals surface area contributed by atoms with Crippen LogP contribution in [0.4, 0.5) is 5.69 Å². The first-order valence-electron chi connectivity index (χ1n) is 7.53. The van der Waals surface area contributed by atoms with Crippen LogP contribution in [-0.4, -0.2) is 25.8 Å². The highest BCUT2D eigenvalue weighted by atomic mass is 32.2. The first-order chi connectivity index (χ1) is 10.7. The first kappa shape index (κ1) is 17.6. The van der Waals surface area contributed by atoms with Gasteiger partial charge in [-0.25, -0.2) is 8.42 Å². The van der Waals surface area contributed by atoms with Crippen molar-refractivity contribution >= 4 is 15.5 Å². The van der Waals surface area contributed by atoms with E-state index >= 15 is 0 Å². The molecule has 0 aliphatic rings. The van der Waals surface area contributed by atoms with Crippen molar-refractivity contribution in [2.45, 2.75) is 38.2 Å². The van der Waals surface area contributed by atoms with Crippen LogP contribution in [0, 0.1) is 13.8 Å². The maximum Gasteiger partial charge on any atom is 0.180 e. The summed E-state index contributed by atoms with van der Waals surface area (Å²) in [6, 6.07) is 8.52.